The number of Topliss-reactive ketones (excluding diaryl/α,β-unsaturated/α-hetero) is 1. The Morgan fingerprint density at radius 3 is 3.05 bits per heavy atom. The minimum atomic E-state index is 0.0152. The minimum Gasteiger partial charge on any atom is -0.353 e. The third kappa shape index (κ3) is 3.28. The van der Waals surface area contributed by atoms with Crippen LogP contribution in [0.1, 0.15) is 53.6 Å². The summed E-state index contributed by atoms with van der Waals surface area (Å²) in [6.45, 7) is 1.59. The molecule has 0 spiro atoms. The SMILES string of the molecule is O=C1CCc2cc(CCCOC3CCCCO3)ccc21. The molecule has 3 rings (SSSR count). The van der Waals surface area contributed by atoms with E-state index in [1.165, 1.54) is 17.5 Å². The van der Waals surface area contributed by atoms with Gasteiger partial charge in [0, 0.05) is 18.6 Å². The zero-order valence-corrected chi connectivity index (χ0v) is 11.9. The zero-order valence-electron chi connectivity index (χ0n) is 11.9. The van der Waals surface area contributed by atoms with Crippen molar-refractivity contribution < 1.29 is 14.3 Å². The van der Waals surface area contributed by atoms with Crippen molar-refractivity contribution in [2.24, 2.45) is 0 Å². The fourth-order valence-corrected chi connectivity index (χ4v) is 3.00. The molecule has 1 saturated heterocycles. The van der Waals surface area contributed by atoms with Crippen LogP contribution in [0.25, 0.3) is 0 Å². The molecule has 1 unspecified atom stereocenters. The molecular weight excluding hydrogens is 252 g/mol. The summed E-state index contributed by atoms with van der Waals surface area (Å²) >= 11 is 0. The second-order valence-corrected chi connectivity index (χ2v) is 5.69. The van der Waals surface area contributed by atoms with Crippen molar-refractivity contribution in [2.75, 3.05) is 13.2 Å². The lowest BCUT2D eigenvalue weighted by atomic mass is 10.0. The lowest BCUT2D eigenvalue weighted by molar-refractivity contribution is -0.162. The molecule has 1 atom stereocenters. The van der Waals surface area contributed by atoms with Gasteiger partial charge in [0.2, 0.25) is 0 Å². The molecule has 0 N–H and O–H groups in total. The Hall–Kier alpha value is -1.19. The molecule has 3 heteroatoms. The van der Waals surface area contributed by atoms with Gasteiger partial charge in [0.05, 0.1) is 6.61 Å². The maximum absolute atomic E-state index is 11.6. The molecule has 108 valence electrons. The van der Waals surface area contributed by atoms with Crippen LogP contribution in [0, 0.1) is 0 Å². The standard InChI is InChI=1S/C17H22O3/c18-16-9-7-14-12-13(6-8-15(14)16)4-3-11-20-17-5-1-2-10-19-17/h6,8,12,17H,1-5,7,9-11H2. The highest BCUT2D eigenvalue weighted by atomic mass is 16.7. The van der Waals surface area contributed by atoms with E-state index in [1.54, 1.807) is 0 Å². The number of ketones is 1. The molecular formula is C17H22O3. The Morgan fingerprint density at radius 1 is 1.25 bits per heavy atom. The van der Waals surface area contributed by atoms with E-state index in [9.17, 15) is 4.79 Å². The molecule has 1 fully saturated rings. The number of hydrogen-bond acceptors (Lipinski definition) is 3. The third-order valence-electron chi connectivity index (χ3n) is 4.14. The minimum absolute atomic E-state index is 0.0152. The van der Waals surface area contributed by atoms with Crippen molar-refractivity contribution in [3.05, 3.63) is 34.9 Å². The van der Waals surface area contributed by atoms with Crippen LogP contribution in [0.5, 0.6) is 0 Å². The number of aryl methyl sites for hydroxylation is 2. The van der Waals surface area contributed by atoms with Crippen LogP contribution in [0.4, 0.5) is 0 Å². The van der Waals surface area contributed by atoms with E-state index < -0.39 is 0 Å². The van der Waals surface area contributed by atoms with Crippen molar-refractivity contribution in [3.8, 4) is 0 Å². The smallest absolute Gasteiger partial charge is 0.163 e. The molecule has 1 heterocycles. The second kappa shape index (κ2) is 6.51. The van der Waals surface area contributed by atoms with Gasteiger partial charge in [-0.1, -0.05) is 18.2 Å². The second-order valence-electron chi connectivity index (χ2n) is 5.69. The number of fused-ring (bicyclic) bond motifs is 1. The Balaban J connectivity index is 1.43. The summed E-state index contributed by atoms with van der Waals surface area (Å²) in [5.41, 5.74) is 3.47. The van der Waals surface area contributed by atoms with E-state index >= 15 is 0 Å². The number of carbonyl (C=O) groups is 1. The van der Waals surface area contributed by atoms with Gasteiger partial charge < -0.3 is 9.47 Å². The summed E-state index contributed by atoms with van der Waals surface area (Å²) in [5.74, 6) is 0.296. The Morgan fingerprint density at radius 2 is 2.20 bits per heavy atom. The first-order chi connectivity index (χ1) is 9.83. The molecule has 1 aromatic rings. The monoisotopic (exact) mass is 274 g/mol. The molecule has 2 aliphatic rings. The predicted molar refractivity (Wildman–Crippen MR) is 77.0 cm³/mol. The molecule has 0 saturated carbocycles. The molecule has 20 heavy (non-hydrogen) atoms. The van der Waals surface area contributed by atoms with Gasteiger partial charge >= 0.3 is 0 Å². The van der Waals surface area contributed by atoms with Crippen molar-refractivity contribution in [3.63, 3.8) is 0 Å². The highest BCUT2D eigenvalue weighted by molar-refractivity contribution is 6.00. The number of rotatable bonds is 5. The largest absolute Gasteiger partial charge is 0.353 e. The lowest BCUT2D eigenvalue weighted by Gasteiger charge is -2.22. The van der Waals surface area contributed by atoms with Crippen molar-refractivity contribution in [1.29, 1.82) is 0 Å². The number of ether oxygens (including phenoxy) is 2. The normalized spacial score (nSPS) is 22.0. The van der Waals surface area contributed by atoms with Crippen molar-refractivity contribution in [2.45, 2.75) is 51.2 Å². The van der Waals surface area contributed by atoms with Gasteiger partial charge in [-0.2, -0.15) is 0 Å². The van der Waals surface area contributed by atoms with E-state index in [0.717, 1.165) is 50.9 Å². The molecule has 0 radical (unpaired) electrons. The first kappa shape index (κ1) is 13.8. The van der Waals surface area contributed by atoms with Crippen molar-refractivity contribution in [1.82, 2.24) is 0 Å². The van der Waals surface area contributed by atoms with E-state index in [2.05, 4.69) is 12.1 Å². The first-order valence-electron chi connectivity index (χ1n) is 7.71. The average molecular weight is 274 g/mol. The molecule has 1 aliphatic carbocycles. The zero-order chi connectivity index (χ0) is 13.8. The van der Waals surface area contributed by atoms with E-state index in [1.807, 2.05) is 6.07 Å². The summed E-state index contributed by atoms with van der Waals surface area (Å²) in [5, 5.41) is 0. The van der Waals surface area contributed by atoms with Crippen LogP contribution < -0.4 is 0 Å². The molecule has 3 nitrogen and oxygen atoms in total. The highest BCUT2D eigenvalue weighted by Gasteiger charge is 2.19. The van der Waals surface area contributed by atoms with Crippen LogP contribution in [-0.2, 0) is 22.3 Å². The van der Waals surface area contributed by atoms with Crippen LogP contribution in [0.2, 0.25) is 0 Å². The maximum atomic E-state index is 11.6. The molecule has 0 bridgehead atoms. The fraction of sp³-hybridized carbons (Fsp3) is 0.588. The Labute approximate surface area is 120 Å². The topological polar surface area (TPSA) is 35.5 Å². The van der Waals surface area contributed by atoms with E-state index in [4.69, 9.17) is 9.47 Å². The predicted octanol–water partition coefficient (Wildman–Crippen LogP) is 3.29. The summed E-state index contributed by atoms with van der Waals surface area (Å²) in [6.07, 6.45) is 7.02. The van der Waals surface area contributed by atoms with Crippen LogP contribution >= 0.6 is 0 Å². The van der Waals surface area contributed by atoms with Crippen LogP contribution in [-0.4, -0.2) is 25.3 Å². The van der Waals surface area contributed by atoms with Gasteiger partial charge in [-0.15, -0.1) is 0 Å². The molecule has 0 aromatic heterocycles. The molecule has 1 aliphatic heterocycles. The van der Waals surface area contributed by atoms with E-state index in [-0.39, 0.29) is 6.29 Å². The first-order valence-corrected chi connectivity index (χ1v) is 7.71. The quantitative estimate of drug-likeness (QED) is 0.773. The molecule has 0 amide bonds. The summed E-state index contributed by atoms with van der Waals surface area (Å²) in [4.78, 5) is 11.6. The van der Waals surface area contributed by atoms with Crippen molar-refractivity contribution >= 4 is 5.78 Å². The lowest BCUT2D eigenvalue weighted by Crippen LogP contribution is -2.22. The Kier molecular flexibility index (Phi) is 4.48. The van der Waals surface area contributed by atoms with Gasteiger partial charge in [0.1, 0.15) is 0 Å². The summed E-state index contributed by atoms with van der Waals surface area (Å²) < 4.78 is 11.3. The van der Waals surface area contributed by atoms with E-state index in [0.29, 0.717) is 12.2 Å². The number of carbonyl (C=O) groups excluding carboxylic acids is 1. The Bertz CT molecular complexity index is 475. The number of benzene rings is 1. The summed E-state index contributed by atoms with van der Waals surface area (Å²) in [6, 6.07) is 6.27. The van der Waals surface area contributed by atoms with Gasteiger partial charge in [0.15, 0.2) is 12.1 Å². The fourth-order valence-electron chi connectivity index (χ4n) is 3.00. The average Bonchev–Trinajstić information content (AvgIpc) is 2.86. The van der Waals surface area contributed by atoms with Gasteiger partial charge in [0.25, 0.3) is 0 Å². The third-order valence-corrected chi connectivity index (χ3v) is 4.14. The molecule has 1 aromatic carbocycles. The van der Waals surface area contributed by atoms with Gasteiger partial charge in [-0.25, -0.2) is 0 Å². The highest BCUT2D eigenvalue weighted by Crippen LogP contribution is 2.23. The maximum Gasteiger partial charge on any atom is 0.163 e. The summed E-state index contributed by atoms with van der Waals surface area (Å²) in [7, 11) is 0. The van der Waals surface area contributed by atoms with Gasteiger partial charge in [-0.3, -0.25) is 4.79 Å². The van der Waals surface area contributed by atoms with Gasteiger partial charge in [-0.05, 0) is 49.7 Å². The number of hydrogen-bond donors (Lipinski definition) is 0. The van der Waals surface area contributed by atoms with Crippen LogP contribution in [0.15, 0.2) is 18.2 Å². The van der Waals surface area contributed by atoms with Crippen LogP contribution in [0.3, 0.4) is 0 Å².